The zero-order valence-corrected chi connectivity index (χ0v) is 15.5. The molecule has 6 nitrogen and oxygen atoms in total. The molecule has 0 amide bonds. The molecule has 0 bridgehead atoms. The highest BCUT2D eigenvalue weighted by atomic mass is 16.5. The van der Waals surface area contributed by atoms with Gasteiger partial charge in [-0.15, -0.1) is 0 Å². The van der Waals surface area contributed by atoms with Crippen LogP contribution in [0.2, 0.25) is 0 Å². The van der Waals surface area contributed by atoms with E-state index in [1.54, 1.807) is 14.2 Å². The van der Waals surface area contributed by atoms with Crippen LogP contribution in [0.25, 0.3) is 5.65 Å². The number of benzene rings is 1. The lowest BCUT2D eigenvalue weighted by Gasteiger charge is -2.21. The van der Waals surface area contributed by atoms with Gasteiger partial charge in [0, 0.05) is 42.4 Å². The van der Waals surface area contributed by atoms with E-state index in [1.807, 2.05) is 28.9 Å². The highest BCUT2D eigenvalue weighted by Crippen LogP contribution is 2.37. The molecule has 136 valence electrons. The van der Waals surface area contributed by atoms with Crippen molar-refractivity contribution >= 4 is 11.5 Å². The first-order valence-electron chi connectivity index (χ1n) is 9.04. The molecule has 0 saturated carbocycles. The Morgan fingerprint density at radius 1 is 1.15 bits per heavy atom. The summed E-state index contributed by atoms with van der Waals surface area (Å²) in [5.41, 5.74) is 3.20. The molecule has 0 spiro atoms. The molecule has 1 saturated heterocycles. The van der Waals surface area contributed by atoms with E-state index in [2.05, 4.69) is 34.0 Å². The Hall–Kier alpha value is -2.76. The fourth-order valence-electron chi connectivity index (χ4n) is 3.73. The highest BCUT2D eigenvalue weighted by Gasteiger charge is 2.28. The second kappa shape index (κ2) is 6.86. The van der Waals surface area contributed by atoms with Gasteiger partial charge in [-0.3, -0.25) is 0 Å². The Bertz CT molecular complexity index is 921. The van der Waals surface area contributed by atoms with Gasteiger partial charge in [0.2, 0.25) is 0 Å². The largest absolute Gasteiger partial charge is 0.497 e. The number of aryl methyl sites for hydroxylation is 1. The molecule has 1 aromatic carbocycles. The second-order valence-corrected chi connectivity index (χ2v) is 6.60. The van der Waals surface area contributed by atoms with Crippen LogP contribution in [-0.4, -0.2) is 41.9 Å². The average Bonchev–Trinajstić information content (AvgIpc) is 3.35. The van der Waals surface area contributed by atoms with Crippen LogP contribution >= 0.6 is 0 Å². The van der Waals surface area contributed by atoms with E-state index in [0.717, 1.165) is 54.6 Å². The smallest absolute Gasteiger partial charge is 0.157 e. The second-order valence-electron chi connectivity index (χ2n) is 6.60. The number of anilines is 1. The summed E-state index contributed by atoms with van der Waals surface area (Å²) >= 11 is 0. The van der Waals surface area contributed by atoms with E-state index < -0.39 is 0 Å². The molecule has 2 aromatic heterocycles. The summed E-state index contributed by atoms with van der Waals surface area (Å²) in [5, 5.41) is 4.47. The predicted molar refractivity (Wildman–Crippen MR) is 101 cm³/mol. The van der Waals surface area contributed by atoms with Gasteiger partial charge in [0.05, 0.1) is 20.4 Å². The van der Waals surface area contributed by atoms with Gasteiger partial charge in [-0.25, -0.2) is 4.98 Å². The number of fused-ring (bicyclic) bond motifs is 1. The molecular formula is C20H24N4O2. The molecule has 0 aliphatic carbocycles. The molecule has 0 radical (unpaired) electrons. The normalized spacial score (nSPS) is 17.0. The van der Waals surface area contributed by atoms with Crippen molar-refractivity contribution in [2.24, 2.45) is 0 Å². The summed E-state index contributed by atoms with van der Waals surface area (Å²) < 4.78 is 12.9. The topological polar surface area (TPSA) is 51.9 Å². The maximum Gasteiger partial charge on any atom is 0.157 e. The van der Waals surface area contributed by atoms with Crippen LogP contribution in [0.3, 0.4) is 0 Å². The molecule has 3 aromatic rings. The van der Waals surface area contributed by atoms with Gasteiger partial charge in [0.25, 0.3) is 0 Å². The average molecular weight is 352 g/mol. The summed E-state index contributed by atoms with van der Waals surface area (Å²) in [6, 6.07) is 10.1. The maximum atomic E-state index is 5.59. The molecule has 1 fully saturated rings. The number of hydrogen-bond donors (Lipinski definition) is 0. The monoisotopic (exact) mass is 352 g/mol. The van der Waals surface area contributed by atoms with Gasteiger partial charge in [-0.2, -0.15) is 9.61 Å². The van der Waals surface area contributed by atoms with E-state index >= 15 is 0 Å². The Morgan fingerprint density at radius 2 is 2.04 bits per heavy atom. The van der Waals surface area contributed by atoms with Crippen LogP contribution in [0.15, 0.2) is 36.5 Å². The van der Waals surface area contributed by atoms with Crippen LogP contribution in [-0.2, 0) is 6.42 Å². The van der Waals surface area contributed by atoms with Crippen molar-refractivity contribution in [2.45, 2.75) is 25.7 Å². The van der Waals surface area contributed by atoms with Crippen molar-refractivity contribution < 1.29 is 9.47 Å². The quantitative estimate of drug-likeness (QED) is 0.705. The SMILES string of the molecule is CCc1cc(N2CCC(c3cc(OC)ccc3OC)C2)n2nccc2n1. The van der Waals surface area contributed by atoms with Crippen molar-refractivity contribution in [2.75, 3.05) is 32.2 Å². The molecule has 1 aliphatic heterocycles. The van der Waals surface area contributed by atoms with E-state index in [9.17, 15) is 0 Å². The van der Waals surface area contributed by atoms with Crippen LogP contribution < -0.4 is 14.4 Å². The van der Waals surface area contributed by atoms with Gasteiger partial charge in [0.15, 0.2) is 5.65 Å². The van der Waals surface area contributed by atoms with Gasteiger partial charge in [-0.05, 0) is 31.0 Å². The number of ether oxygens (including phenoxy) is 2. The van der Waals surface area contributed by atoms with Gasteiger partial charge < -0.3 is 14.4 Å². The summed E-state index contributed by atoms with van der Waals surface area (Å²) in [6.45, 7) is 4.03. The molecule has 1 aliphatic rings. The lowest BCUT2D eigenvalue weighted by molar-refractivity contribution is 0.396. The zero-order chi connectivity index (χ0) is 18.1. The van der Waals surface area contributed by atoms with E-state index in [0.29, 0.717) is 5.92 Å². The summed E-state index contributed by atoms with van der Waals surface area (Å²) in [5.74, 6) is 3.29. The first-order chi connectivity index (χ1) is 12.7. The summed E-state index contributed by atoms with van der Waals surface area (Å²) in [7, 11) is 3.42. The van der Waals surface area contributed by atoms with Crippen LogP contribution in [0.1, 0.15) is 30.5 Å². The standard InChI is InChI=1S/C20H24N4O2/c1-4-15-11-20(24-19(22-15)7-9-21-24)23-10-8-14(13-23)17-12-16(25-2)5-6-18(17)26-3/h5-7,9,11-12,14H,4,8,10,13H2,1-3H3. The minimum Gasteiger partial charge on any atom is -0.497 e. The fourth-order valence-corrected chi connectivity index (χ4v) is 3.73. The van der Waals surface area contributed by atoms with Crippen LogP contribution in [0, 0.1) is 0 Å². The Balaban J connectivity index is 1.67. The molecule has 3 heterocycles. The van der Waals surface area contributed by atoms with Crippen molar-refractivity contribution in [3.05, 3.63) is 47.8 Å². The molecule has 6 heteroatoms. The number of aromatic nitrogens is 3. The molecule has 1 atom stereocenters. The summed E-state index contributed by atoms with van der Waals surface area (Å²) in [6.07, 6.45) is 3.79. The molecule has 0 N–H and O–H groups in total. The Morgan fingerprint density at radius 3 is 2.81 bits per heavy atom. The minimum atomic E-state index is 0.393. The number of methoxy groups -OCH3 is 2. The maximum absolute atomic E-state index is 5.59. The third-order valence-electron chi connectivity index (χ3n) is 5.14. The van der Waals surface area contributed by atoms with Gasteiger partial charge in [0.1, 0.15) is 17.3 Å². The number of rotatable bonds is 5. The molecular weight excluding hydrogens is 328 g/mol. The zero-order valence-electron chi connectivity index (χ0n) is 15.5. The first kappa shape index (κ1) is 16.7. The Kier molecular flexibility index (Phi) is 4.41. The van der Waals surface area contributed by atoms with Crippen molar-refractivity contribution in [1.29, 1.82) is 0 Å². The number of hydrogen-bond acceptors (Lipinski definition) is 5. The predicted octanol–water partition coefficient (Wildman–Crippen LogP) is 3.30. The third-order valence-corrected chi connectivity index (χ3v) is 5.14. The van der Waals surface area contributed by atoms with Crippen molar-refractivity contribution in [3.63, 3.8) is 0 Å². The van der Waals surface area contributed by atoms with E-state index in [4.69, 9.17) is 9.47 Å². The van der Waals surface area contributed by atoms with Crippen LogP contribution in [0.5, 0.6) is 11.5 Å². The summed E-state index contributed by atoms with van der Waals surface area (Å²) in [4.78, 5) is 7.04. The Labute approximate surface area is 153 Å². The van der Waals surface area contributed by atoms with Crippen LogP contribution in [0.4, 0.5) is 5.82 Å². The first-order valence-corrected chi connectivity index (χ1v) is 9.04. The highest BCUT2D eigenvalue weighted by molar-refractivity contribution is 5.53. The lowest BCUT2D eigenvalue weighted by Crippen LogP contribution is -2.23. The molecule has 1 unspecified atom stereocenters. The van der Waals surface area contributed by atoms with Gasteiger partial charge >= 0.3 is 0 Å². The van der Waals surface area contributed by atoms with Crippen molar-refractivity contribution in [1.82, 2.24) is 14.6 Å². The molecule has 26 heavy (non-hydrogen) atoms. The van der Waals surface area contributed by atoms with E-state index in [-0.39, 0.29) is 0 Å². The fraction of sp³-hybridized carbons (Fsp3) is 0.400. The van der Waals surface area contributed by atoms with Gasteiger partial charge in [-0.1, -0.05) is 6.92 Å². The third kappa shape index (κ3) is 2.85. The number of nitrogens with zero attached hydrogens (tertiary/aromatic N) is 4. The lowest BCUT2D eigenvalue weighted by atomic mass is 9.97. The minimum absolute atomic E-state index is 0.393. The van der Waals surface area contributed by atoms with E-state index in [1.165, 1.54) is 5.56 Å². The van der Waals surface area contributed by atoms with Crippen molar-refractivity contribution in [3.8, 4) is 11.5 Å². The molecule has 4 rings (SSSR count).